The van der Waals surface area contributed by atoms with E-state index in [4.69, 9.17) is 27.0 Å². The van der Waals surface area contributed by atoms with Gasteiger partial charge in [0.1, 0.15) is 11.5 Å². The van der Waals surface area contributed by atoms with E-state index in [0.717, 1.165) is 23.5 Å². The van der Waals surface area contributed by atoms with Crippen LogP contribution in [0.4, 0.5) is 0 Å². The predicted octanol–water partition coefficient (Wildman–Crippen LogP) is 3.63. The first-order chi connectivity index (χ1) is 11.8. The van der Waals surface area contributed by atoms with Crippen LogP contribution in [-0.4, -0.2) is 21.8 Å². The molecule has 6 N–H and O–H groups in total. The zero-order valence-corrected chi connectivity index (χ0v) is 15.9. The number of hydrogen-bond acceptors (Lipinski definition) is 5. The number of nitrogens with one attached hydrogen (secondary N) is 2. The van der Waals surface area contributed by atoms with Gasteiger partial charge in [-0.05, 0) is 31.4 Å². The molecule has 0 amide bonds. The largest absolute Gasteiger partial charge is 0.463 e. The molecule has 1 spiro atoms. The van der Waals surface area contributed by atoms with Crippen molar-refractivity contribution in [3.8, 4) is 0 Å². The zero-order valence-electron chi connectivity index (χ0n) is 14.3. The number of ether oxygens (including phenoxy) is 1. The summed E-state index contributed by atoms with van der Waals surface area (Å²) in [4.78, 5) is 0. The van der Waals surface area contributed by atoms with Crippen LogP contribution in [0.5, 0.6) is 0 Å². The molecular formula is C18H22N4OS2. The standard InChI is InChI=1S/C18H22N4OS2/c1-10-5-7-18-6-3-4-11(2)14(18)13(9-25-17(21)22)23-15(18)12(10)8-24-16(19)20/h3-6H,7-9H2,1-2H3,(H3,19,20)(H3,21,22). The van der Waals surface area contributed by atoms with Crippen LogP contribution in [-0.2, 0) is 4.74 Å². The molecule has 0 aromatic carbocycles. The maximum atomic E-state index is 7.52. The van der Waals surface area contributed by atoms with Crippen LogP contribution < -0.4 is 11.5 Å². The number of rotatable bonds is 4. The van der Waals surface area contributed by atoms with Crippen molar-refractivity contribution in [1.29, 1.82) is 10.8 Å². The second-order valence-corrected chi connectivity index (χ2v) is 8.32. The molecule has 1 unspecified atom stereocenters. The normalized spacial score (nSPS) is 24.4. The Labute approximate surface area is 156 Å². The minimum absolute atomic E-state index is 0.0873. The lowest BCUT2D eigenvalue weighted by Crippen LogP contribution is -2.27. The van der Waals surface area contributed by atoms with Gasteiger partial charge >= 0.3 is 0 Å². The van der Waals surface area contributed by atoms with Gasteiger partial charge in [0.2, 0.25) is 0 Å². The van der Waals surface area contributed by atoms with Gasteiger partial charge in [-0.15, -0.1) is 0 Å². The van der Waals surface area contributed by atoms with Gasteiger partial charge in [-0.25, -0.2) is 0 Å². The van der Waals surface area contributed by atoms with Gasteiger partial charge < -0.3 is 16.2 Å². The first kappa shape index (κ1) is 17.9. The van der Waals surface area contributed by atoms with Crippen LogP contribution in [0.15, 0.2) is 58.1 Å². The summed E-state index contributed by atoms with van der Waals surface area (Å²) in [6.45, 7) is 4.18. The third kappa shape index (κ3) is 3.18. The van der Waals surface area contributed by atoms with Crippen molar-refractivity contribution in [1.82, 2.24) is 0 Å². The lowest BCUT2D eigenvalue weighted by atomic mass is 9.67. The molecule has 0 aromatic heterocycles. The van der Waals surface area contributed by atoms with E-state index in [-0.39, 0.29) is 15.8 Å². The SMILES string of the molecule is CC1=CCC23C=CC=C(C)C2=C(CSC(=N)N)OC3=C1CSC(=N)N. The molecule has 2 aliphatic carbocycles. The van der Waals surface area contributed by atoms with Gasteiger partial charge in [-0.3, -0.25) is 10.8 Å². The Hall–Kier alpha value is -1.86. The molecule has 0 saturated heterocycles. The average Bonchev–Trinajstić information content (AvgIpc) is 2.88. The number of amidine groups is 2. The number of thioether (sulfide) groups is 2. The van der Waals surface area contributed by atoms with Crippen LogP contribution >= 0.6 is 23.5 Å². The molecule has 0 aromatic rings. The predicted molar refractivity (Wildman–Crippen MR) is 108 cm³/mol. The monoisotopic (exact) mass is 374 g/mol. The molecular weight excluding hydrogens is 352 g/mol. The molecule has 3 rings (SSSR count). The fourth-order valence-electron chi connectivity index (χ4n) is 3.58. The Morgan fingerprint density at radius 3 is 2.52 bits per heavy atom. The van der Waals surface area contributed by atoms with Gasteiger partial charge in [0.15, 0.2) is 10.3 Å². The highest BCUT2D eigenvalue weighted by Crippen LogP contribution is 2.57. The maximum Gasteiger partial charge on any atom is 0.151 e. The third-order valence-corrected chi connectivity index (χ3v) is 6.15. The molecule has 0 bridgehead atoms. The lowest BCUT2D eigenvalue weighted by molar-refractivity contribution is 0.278. The fourth-order valence-corrected chi connectivity index (χ4v) is 4.73. The van der Waals surface area contributed by atoms with Crippen molar-refractivity contribution in [2.75, 3.05) is 11.5 Å². The van der Waals surface area contributed by atoms with E-state index in [1.54, 1.807) is 0 Å². The van der Waals surface area contributed by atoms with Gasteiger partial charge in [-0.2, -0.15) is 0 Å². The Balaban J connectivity index is 2.06. The van der Waals surface area contributed by atoms with Crippen molar-refractivity contribution in [2.24, 2.45) is 16.9 Å². The summed E-state index contributed by atoms with van der Waals surface area (Å²) in [5.74, 6) is 2.98. The second-order valence-electron chi connectivity index (χ2n) is 6.29. The minimum Gasteiger partial charge on any atom is -0.463 e. The molecule has 132 valence electrons. The third-order valence-electron chi connectivity index (χ3n) is 4.69. The van der Waals surface area contributed by atoms with Crippen molar-refractivity contribution in [3.63, 3.8) is 0 Å². The Morgan fingerprint density at radius 2 is 1.84 bits per heavy atom. The average molecular weight is 375 g/mol. The molecule has 25 heavy (non-hydrogen) atoms. The second kappa shape index (κ2) is 6.80. The van der Waals surface area contributed by atoms with Crippen LogP contribution in [0, 0.1) is 16.2 Å². The van der Waals surface area contributed by atoms with E-state index >= 15 is 0 Å². The molecule has 0 fully saturated rings. The summed E-state index contributed by atoms with van der Waals surface area (Å²) in [6, 6.07) is 0. The minimum atomic E-state index is -0.280. The highest BCUT2D eigenvalue weighted by Gasteiger charge is 2.49. The molecule has 1 aliphatic heterocycles. The van der Waals surface area contributed by atoms with Gasteiger partial charge in [0.25, 0.3) is 0 Å². The molecule has 1 atom stereocenters. The number of allylic oxidation sites excluding steroid dienone is 6. The van der Waals surface area contributed by atoms with E-state index in [2.05, 4.69) is 38.2 Å². The summed E-state index contributed by atoms with van der Waals surface area (Å²) in [7, 11) is 0. The van der Waals surface area contributed by atoms with Gasteiger partial charge in [0, 0.05) is 16.9 Å². The van der Waals surface area contributed by atoms with Gasteiger partial charge in [-0.1, -0.05) is 47.8 Å². The Morgan fingerprint density at radius 1 is 1.16 bits per heavy atom. The smallest absolute Gasteiger partial charge is 0.151 e. The first-order valence-electron chi connectivity index (χ1n) is 7.97. The molecule has 5 nitrogen and oxygen atoms in total. The summed E-state index contributed by atoms with van der Waals surface area (Å²) in [5, 5.41) is 15.2. The number of nitrogens with two attached hydrogens (primary N) is 2. The molecule has 0 radical (unpaired) electrons. The van der Waals surface area contributed by atoms with E-state index in [1.807, 2.05) is 0 Å². The van der Waals surface area contributed by atoms with Crippen molar-refractivity contribution in [3.05, 3.63) is 58.1 Å². The highest BCUT2D eigenvalue weighted by molar-refractivity contribution is 8.14. The highest BCUT2D eigenvalue weighted by atomic mass is 32.2. The van der Waals surface area contributed by atoms with Gasteiger partial charge in [0.05, 0.1) is 11.2 Å². The summed E-state index contributed by atoms with van der Waals surface area (Å²) < 4.78 is 6.37. The van der Waals surface area contributed by atoms with Crippen molar-refractivity contribution < 1.29 is 4.74 Å². The Kier molecular flexibility index (Phi) is 4.88. The van der Waals surface area contributed by atoms with Crippen molar-refractivity contribution >= 4 is 33.9 Å². The van der Waals surface area contributed by atoms with Crippen LogP contribution in [0.25, 0.3) is 0 Å². The Bertz CT molecular complexity index is 804. The molecule has 7 heteroatoms. The topological polar surface area (TPSA) is 109 Å². The van der Waals surface area contributed by atoms with Crippen LogP contribution in [0.2, 0.25) is 0 Å². The van der Waals surface area contributed by atoms with Crippen LogP contribution in [0.3, 0.4) is 0 Å². The summed E-state index contributed by atoms with van der Waals surface area (Å²) >= 11 is 2.59. The van der Waals surface area contributed by atoms with E-state index in [0.29, 0.717) is 11.5 Å². The molecule has 0 saturated carbocycles. The van der Waals surface area contributed by atoms with Crippen molar-refractivity contribution in [2.45, 2.75) is 20.3 Å². The molecule has 1 heterocycles. The maximum absolute atomic E-state index is 7.52. The summed E-state index contributed by atoms with van der Waals surface area (Å²) in [6.07, 6.45) is 9.49. The van der Waals surface area contributed by atoms with E-state index < -0.39 is 0 Å². The fraction of sp³-hybridized carbons (Fsp3) is 0.333. The lowest BCUT2D eigenvalue weighted by Gasteiger charge is -2.35. The quantitative estimate of drug-likeness (QED) is 0.444. The summed E-state index contributed by atoms with van der Waals surface area (Å²) in [5.41, 5.74) is 15.4. The van der Waals surface area contributed by atoms with E-state index in [9.17, 15) is 0 Å². The van der Waals surface area contributed by atoms with E-state index in [1.165, 1.54) is 40.2 Å². The first-order valence-corrected chi connectivity index (χ1v) is 9.94. The molecule has 3 aliphatic rings. The zero-order chi connectivity index (χ0) is 18.2. The number of hydrogen-bond donors (Lipinski definition) is 4. The van der Waals surface area contributed by atoms with Crippen LogP contribution in [0.1, 0.15) is 20.3 Å².